The predicted octanol–water partition coefficient (Wildman–Crippen LogP) is 3.34. The lowest BCUT2D eigenvalue weighted by atomic mass is 10.1. The maximum absolute atomic E-state index is 12.0. The number of nitrogens with zero attached hydrogens (tertiary/aromatic N) is 1. The number of pyridine rings is 1. The van der Waals surface area contributed by atoms with Crippen molar-refractivity contribution < 1.29 is 9.53 Å². The van der Waals surface area contributed by atoms with Crippen molar-refractivity contribution >= 4 is 27.7 Å². The van der Waals surface area contributed by atoms with Gasteiger partial charge in [-0.1, -0.05) is 17.7 Å². The fourth-order valence-electron chi connectivity index (χ4n) is 1.86. The van der Waals surface area contributed by atoms with E-state index in [1.54, 1.807) is 19.4 Å². The first-order valence-corrected chi connectivity index (χ1v) is 6.92. The lowest BCUT2D eigenvalue weighted by Gasteiger charge is -2.09. The number of benzene rings is 1. The normalized spacial score (nSPS) is 10.2. The summed E-state index contributed by atoms with van der Waals surface area (Å²) in [5, 5.41) is 2.76. The SMILES string of the molecule is COc1ccc(C)cc1CC(=O)Nc1ccc(Br)cn1. The molecule has 0 saturated carbocycles. The second kappa shape index (κ2) is 6.52. The Kier molecular flexibility index (Phi) is 4.74. The van der Waals surface area contributed by atoms with Gasteiger partial charge in [0.2, 0.25) is 5.91 Å². The first-order chi connectivity index (χ1) is 9.58. The topological polar surface area (TPSA) is 51.2 Å². The predicted molar refractivity (Wildman–Crippen MR) is 82.0 cm³/mol. The molecule has 1 heterocycles. The zero-order chi connectivity index (χ0) is 14.5. The quantitative estimate of drug-likeness (QED) is 0.932. The van der Waals surface area contributed by atoms with Crippen molar-refractivity contribution in [3.05, 3.63) is 52.1 Å². The van der Waals surface area contributed by atoms with E-state index in [1.165, 1.54) is 0 Å². The number of amides is 1. The average molecular weight is 335 g/mol. The molecule has 1 amide bonds. The molecule has 0 spiro atoms. The Hall–Kier alpha value is -1.88. The van der Waals surface area contributed by atoms with Crippen LogP contribution in [-0.2, 0) is 11.2 Å². The van der Waals surface area contributed by atoms with Crippen LogP contribution in [0.3, 0.4) is 0 Å². The molecule has 20 heavy (non-hydrogen) atoms. The van der Waals surface area contributed by atoms with Crippen molar-refractivity contribution in [2.24, 2.45) is 0 Å². The molecule has 0 saturated heterocycles. The molecule has 1 aromatic heterocycles. The molecule has 0 fully saturated rings. The number of hydrogen-bond donors (Lipinski definition) is 1. The van der Waals surface area contributed by atoms with Gasteiger partial charge in [-0.25, -0.2) is 4.98 Å². The molecule has 0 aliphatic rings. The molecule has 0 radical (unpaired) electrons. The molecular weight excluding hydrogens is 320 g/mol. The maximum Gasteiger partial charge on any atom is 0.230 e. The Morgan fingerprint density at radius 1 is 1.35 bits per heavy atom. The summed E-state index contributed by atoms with van der Waals surface area (Å²) in [6.45, 7) is 1.98. The number of ether oxygens (including phenoxy) is 1. The largest absolute Gasteiger partial charge is 0.496 e. The summed E-state index contributed by atoms with van der Waals surface area (Å²) in [6, 6.07) is 9.35. The molecule has 1 aromatic carbocycles. The van der Waals surface area contributed by atoms with Gasteiger partial charge in [0.05, 0.1) is 13.5 Å². The van der Waals surface area contributed by atoms with Crippen molar-refractivity contribution in [1.29, 1.82) is 0 Å². The van der Waals surface area contributed by atoms with Crippen molar-refractivity contribution in [3.8, 4) is 5.75 Å². The van der Waals surface area contributed by atoms with Gasteiger partial charge in [0.15, 0.2) is 0 Å². The number of methoxy groups -OCH3 is 1. The molecule has 5 heteroatoms. The zero-order valence-corrected chi connectivity index (χ0v) is 12.9. The fraction of sp³-hybridized carbons (Fsp3) is 0.200. The van der Waals surface area contributed by atoms with Crippen molar-refractivity contribution in [3.63, 3.8) is 0 Å². The number of rotatable bonds is 4. The van der Waals surface area contributed by atoms with E-state index in [4.69, 9.17) is 4.74 Å². The van der Waals surface area contributed by atoms with Gasteiger partial charge in [0, 0.05) is 16.2 Å². The number of carbonyl (C=O) groups is 1. The van der Waals surface area contributed by atoms with Crippen LogP contribution in [-0.4, -0.2) is 18.0 Å². The summed E-state index contributed by atoms with van der Waals surface area (Å²) in [4.78, 5) is 16.1. The minimum absolute atomic E-state index is 0.122. The monoisotopic (exact) mass is 334 g/mol. The molecule has 2 aromatic rings. The summed E-state index contributed by atoms with van der Waals surface area (Å²) in [5.74, 6) is 1.13. The van der Waals surface area contributed by atoms with Gasteiger partial charge in [-0.3, -0.25) is 4.79 Å². The third-order valence-corrected chi connectivity index (χ3v) is 3.25. The number of nitrogens with one attached hydrogen (secondary N) is 1. The van der Waals surface area contributed by atoms with Gasteiger partial charge in [0.1, 0.15) is 11.6 Å². The van der Waals surface area contributed by atoms with Gasteiger partial charge in [-0.05, 0) is 41.1 Å². The van der Waals surface area contributed by atoms with Gasteiger partial charge in [0.25, 0.3) is 0 Å². The van der Waals surface area contributed by atoms with Crippen LogP contribution >= 0.6 is 15.9 Å². The highest BCUT2D eigenvalue weighted by molar-refractivity contribution is 9.10. The van der Waals surface area contributed by atoms with E-state index in [9.17, 15) is 4.79 Å². The average Bonchev–Trinajstić information content (AvgIpc) is 2.41. The molecular formula is C15H15BrN2O2. The van der Waals surface area contributed by atoms with Gasteiger partial charge in [-0.2, -0.15) is 0 Å². The Morgan fingerprint density at radius 2 is 2.15 bits per heavy atom. The standard InChI is InChI=1S/C15H15BrN2O2/c1-10-3-5-13(20-2)11(7-10)8-15(19)18-14-6-4-12(16)9-17-14/h3-7,9H,8H2,1-2H3,(H,17,18,19). The van der Waals surface area contributed by atoms with E-state index in [0.717, 1.165) is 21.3 Å². The summed E-state index contributed by atoms with van der Waals surface area (Å²) >= 11 is 3.30. The first kappa shape index (κ1) is 14.5. The fourth-order valence-corrected chi connectivity index (χ4v) is 2.09. The van der Waals surface area contributed by atoms with Crippen LogP contribution in [0.1, 0.15) is 11.1 Å². The number of carbonyl (C=O) groups excluding carboxylic acids is 1. The summed E-state index contributed by atoms with van der Waals surface area (Å²) in [6.07, 6.45) is 1.89. The first-order valence-electron chi connectivity index (χ1n) is 6.13. The summed E-state index contributed by atoms with van der Waals surface area (Å²) in [5.41, 5.74) is 1.96. The third-order valence-electron chi connectivity index (χ3n) is 2.78. The van der Waals surface area contributed by atoms with Gasteiger partial charge in [-0.15, -0.1) is 0 Å². The molecule has 4 nitrogen and oxygen atoms in total. The van der Waals surface area contributed by atoms with Crippen LogP contribution in [0.25, 0.3) is 0 Å². The Labute approximate surface area is 126 Å². The van der Waals surface area contributed by atoms with E-state index in [2.05, 4.69) is 26.2 Å². The van der Waals surface area contributed by atoms with Gasteiger partial charge >= 0.3 is 0 Å². The minimum atomic E-state index is -0.122. The Balaban J connectivity index is 2.08. The van der Waals surface area contributed by atoms with Crippen molar-refractivity contribution in [2.45, 2.75) is 13.3 Å². The molecule has 104 valence electrons. The number of halogens is 1. The van der Waals surface area contributed by atoms with Crippen LogP contribution < -0.4 is 10.1 Å². The zero-order valence-electron chi connectivity index (χ0n) is 11.3. The second-order valence-electron chi connectivity index (χ2n) is 4.40. The van der Waals surface area contributed by atoms with E-state index >= 15 is 0 Å². The summed E-state index contributed by atoms with van der Waals surface area (Å²) in [7, 11) is 1.60. The molecule has 0 aliphatic carbocycles. The van der Waals surface area contributed by atoms with Crippen LogP contribution in [0.15, 0.2) is 41.0 Å². The lowest BCUT2D eigenvalue weighted by molar-refractivity contribution is -0.115. The molecule has 0 bridgehead atoms. The van der Waals surface area contributed by atoms with E-state index in [1.807, 2.05) is 31.2 Å². The highest BCUT2D eigenvalue weighted by atomic mass is 79.9. The highest BCUT2D eigenvalue weighted by Crippen LogP contribution is 2.20. The Morgan fingerprint density at radius 3 is 2.80 bits per heavy atom. The molecule has 0 atom stereocenters. The van der Waals surface area contributed by atoms with Crippen molar-refractivity contribution in [2.75, 3.05) is 12.4 Å². The molecule has 0 unspecified atom stereocenters. The summed E-state index contributed by atoms with van der Waals surface area (Å²) < 4.78 is 6.14. The molecule has 0 aliphatic heterocycles. The van der Waals surface area contributed by atoms with Gasteiger partial charge < -0.3 is 10.1 Å². The van der Waals surface area contributed by atoms with Crippen LogP contribution in [0.5, 0.6) is 5.75 Å². The molecule has 1 N–H and O–H groups in total. The maximum atomic E-state index is 12.0. The lowest BCUT2D eigenvalue weighted by Crippen LogP contribution is -2.15. The number of anilines is 1. The van der Waals surface area contributed by atoms with Crippen LogP contribution in [0.2, 0.25) is 0 Å². The molecule has 2 rings (SSSR count). The highest BCUT2D eigenvalue weighted by Gasteiger charge is 2.09. The van der Waals surface area contributed by atoms with E-state index < -0.39 is 0 Å². The second-order valence-corrected chi connectivity index (χ2v) is 5.32. The third kappa shape index (κ3) is 3.81. The Bertz CT molecular complexity index is 612. The minimum Gasteiger partial charge on any atom is -0.496 e. The van der Waals surface area contributed by atoms with Crippen LogP contribution in [0, 0.1) is 6.92 Å². The smallest absolute Gasteiger partial charge is 0.230 e. The van der Waals surface area contributed by atoms with Crippen molar-refractivity contribution in [1.82, 2.24) is 4.98 Å². The van der Waals surface area contributed by atoms with E-state index in [-0.39, 0.29) is 12.3 Å². The number of hydrogen-bond acceptors (Lipinski definition) is 3. The van der Waals surface area contributed by atoms with Crippen LogP contribution in [0.4, 0.5) is 5.82 Å². The number of aromatic nitrogens is 1. The number of aryl methyl sites for hydroxylation is 1. The van der Waals surface area contributed by atoms with E-state index in [0.29, 0.717) is 5.82 Å².